The van der Waals surface area contributed by atoms with Crippen molar-refractivity contribution < 1.29 is 14.3 Å². The number of likely N-dealkylation sites (N-methyl/N-ethyl adjacent to an activating group) is 1. The molecule has 0 aromatic rings. The molecule has 0 aromatic carbocycles. The molecule has 0 bridgehead atoms. The monoisotopic (exact) mass is 383 g/mol. The highest BCUT2D eigenvalue weighted by molar-refractivity contribution is 5.84. The predicted octanol–water partition coefficient (Wildman–Crippen LogP) is 0.290. The first-order valence-corrected chi connectivity index (χ1v) is 10.1. The fraction of sp³-hybridized carbons (Fsp3) is 0.895. The number of amides is 1. The lowest BCUT2D eigenvalue weighted by atomic mass is 10.0. The lowest BCUT2D eigenvalue weighted by Gasteiger charge is -2.41. The van der Waals surface area contributed by atoms with Crippen LogP contribution in [0.2, 0.25) is 0 Å². The van der Waals surface area contributed by atoms with Gasteiger partial charge in [0, 0.05) is 52.4 Å². The molecule has 0 aliphatic carbocycles. The zero-order chi connectivity index (χ0) is 19.7. The minimum atomic E-state index is -0.0286. The van der Waals surface area contributed by atoms with Crippen LogP contribution in [0.5, 0.6) is 0 Å². The Morgan fingerprint density at radius 1 is 1.19 bits per heavy atom. The molecule has 2 saturated heterocycles. The van der Waals surface area contributed by atoms with Crippen LogP contribution in [0.3, 0.4) is 0 Å². The zero-order valence-corrected chi connectivity index (χ0v) is 17.4. The highest BCUT2D eigenvalue weighted by Crippen LogP contribution is 2.15. The van der Waals surface area contributed by atoms with Crippen molar-refractivity contribution in [1.29, 1.82) is 0 Å². The molecule has 1 unspecified atom stereocenters. The van der Waals surface area contributed by atoms with Gasteiger partial charge in [-0.25, -0.2) is 4.99 Å². The number of ether oxygens (including phenoxy) is 2. The Morgan fingerprint density at radius 2 is 1.93 bits per heavy atom. The van der Waals surface area contributed by atoms with Gasteiger partial charge in [0.25, 0.3) is 0 Å². The first kappa shape index (κ1) is 21.9. The van der Waals surface area contributed by atoms with Crippen molar-refractivity contribution in [3.05, 3.63) is 0 Å². The van der Waals surface area contributed by atoms with E-state index in [1.807, 2.05) is 0 Å². The van der Waals surface area contributed by atoms with E-state index in [-0.39, 0.29) is 24.1 Å². The Hall–Kier alpha value is -1.38. The van der Waals surface area contributed by atoms with E-state index in [1.54, 1.807) is 19.0 Å². The molecule has 8 heteroatoms. The van der Waals surface area contributed by atoms with Crippen molar-refractivity contribution >= 4 is 11.9 Å². The molecule has 2 aliphatic heterocycles. The second-order valence-corrected chi connectivity index (χ2v) is 8.09. The first-order chi connectivity index (χ1) is 12.9. The van der Waals surface area contributed by atoms with Gasteiger partial charge in [0.15, 0.2) is 5.96 Å². The van der Waals surface area contributed by atoms with E-state index in [9.17, 15) is 4.79 Å². The van der Waals surface area contributed by atoms with Crippen LogP contribution < -0.4 is 10.6 Å². The predicted molar refractivity (Wildman–Crippen MR) is 107 cm³/mol. The number of carbonyl (C=O) groups is 1. The SMILES string of the molecule is CN(C)C(=O)CN=C(NCC1CCCCO1)NCC(C)(C)N1CCOCC1. The fourth-order valence-corrected chi connectivity index (χ4v) is 3.22. The van der Waals surface area contributed by atoms with Gasteiger partial charge in [-0.05, 0) is 33.1 Å². The van der Waals surface area contributed by atoms with Crippen LogP contribution in [-0.2, 0) is 14.3 Å². The number of rotatable bonds is 7. The summed E-state index contributed by atoms with van der Waals surface area (Å²) in [5.41, 5.74) is -0.0286. The van der Waals surface area contributed by atoms with Gasteiger partial charge in [0.2, 0.25) is 5.91 Å². The van der Waals surface area contributed by atoms with Gasteiger partial charge < -0.3 is 25.0 Å². The summed E-state index contributed by atoms with van der Waals surface area (Å²) < 4.78 is 11.2. The van der Waals surface area contributed by atoms with Gasteiger partial charge in [0.05, 0.1) is 19.3 Å². The van der Waals surface area contributed by atoms with Crippen molar-refractivity contribution in [3.8, 4) is 0 Å². The summed E-state index contributed by atoms with van der Waals surface area (Å²) in [4.78, 5) is 20.4. The van der Waals surface area contributed by atoms with Crippen LogP contribution in [0, 0.1) is 0 Å². The molecule has 0 spiro atoms. The number of morpholine rings is 1. The zero-order valence-electron chi connectivity index (χ0n) is 17.4. The van der Waals surface area contributed by atoms with Gasteiger partial charge >= 0.3 is 0 Å². The van der Waals surface area contributed by atoms with Crippen LogP contribution in [0.25, 0.3) is 0 Å². The van der Waals surface area contributed by atoms with Crippen LogP contribution in [0.1, 0.15) is 33.1 Å². The Kier molecular flexibility index (Phi) is 8.79. The average molecular weight is 384 g/mol. The summed E-state index contributed by atoms with van der Waals surface area (Å²) in [6.45, 7) is 10.3. The number of carbonyl (C=O) groups excluding carboxylic acids is 1. The highest BCUT2D eigenvalue weighted by Gasteiger charge is 2.28. The Morgan fingerprint density at radius 3 is 2.56 bits per heavy atom. The number of aliphatic imine (C=N–C) groups is 1. The number of guanidine groups is 1. The molecule has 0 aromatic heterocycles. The largest absolute Gasteiger partial charge is 0.379 e. The molecule has 2 fully saturated rings. The Bertz CT molecular complexity index is 484. The smallest absolute Gasteiger partial charge is 0.243 e. The maximum Gasteiger partial charge on any atom is 0.243 e. The van der Waals surface area contributed by atoms with Crippen molar-refractivity contribution in [2.24, 2.45) is 4.99 Å². The topological polar surface area (TPSA) is 78.4 Å². The third kappa shape index (κ3) is 7.63. The van der Waals surface area contributed by atoms with Gasteiger partial charge in [-0.2, -0.15) is 0 Å². The highest BCUT2D eigenvalue weighted by atomic mass is 16.5. The van der Waals surface area contributed by atoms with Gasteiger partial charge in [-0.15, -0.1) is 0 Å². The average Bonchev–Trinajstić information content (AvgIpc) is 2.68. The molecule has 2 heterocycles. The standard InChI is InChI=1S/C19H37N5O3/c1-19(2,24-8-11-26-12-9-24)15-22-18(21-14-17(25)23(3)4)20-13-16-7-5-6-10-27-16/h16H,5-15H2,1-4H3,(H2,20,21,22). The third-order valence-electron chi connectivity index (χ3n) is 5.20. The fourth-order valence-electron chi connectivity index (χ4n) is 3.22. The summed E-state index contributed by atoms with van der Waals surface area (Å²) in [6.07, 6.45) is 3.62. The maximum absolute atomic E-state index is 11.9. The van der Waals surface area contributed by atoms with E-state index in [4.69, 9.17) is 9.47 Å². The minimum Gasteiger partial charge on any atom is -0.379 e. The molecule has 0 saturated carbocycles. The quantitative estimate of drug-likeness (QED) is 0.486. The second kappa shape index (κ2) is 10.8. The maximum atomic E-state index is 11.9. The third-order valence-corrected chi connectivity index (χ3v) is 5.20. The Balaban J connectivity index is 1.90. The number of hydrogen-bond donors (Lipinski definition) is 2. The van der Waals surface area contributed by atoms with E-state index < -0.39 is 0 Å². The van der Waals surface area contributed by atoms with Crippen molar-refractivity contribution in [2.75, 3.05) is 66.6 Å². The van der Waals surface area contributed by atoms with Gasteiger partial charge in [0.1, 0.15) is 6.54 Å². The van der Waals surface area contributed by atoms with Gasteiger partial charge in [-0.3, -0.25) is 9.69 Å². The summed E-state index contributed by atoms with van der Waals surface area (Å²) in [6, 6.07) is 0. The molecule has 1 amide bonds. The van der Waals surface area contributed by atoms with Crippen LogP contribution in [0.4, 0.5) is 0 Å². The number of nitrogens with one attached hydrogen (secondary N) is 2. The molecule has 2 aliphatic rings. The van der Waals surface area contributed by atoms with Crippen molar-refractivity contribution in [1.82, 2.24) is 20.4 Å². The van der Waals surface area contributed by atoms with E-state index in [2.05, 4.69) is 34.4 Å². The van der Waals surface area contributed by atoms with E-state index in [1.165, 1.54) is 6.42 Å². The lowest BCUT2D eigenvalue weighted by molar-refractivity contribution is -0.127. The molecule has 0 radical (unpaired) electrons. The molecule has 2 N–H and O–H groups in total. The summed E-state index contributed by atoms with van der Waals surface area (Å²) in [7, 11) is 3.49. The second-order valence-electron chi connectivity index (χ2n) is 8.09. The van der Waals surface area contributed by atoms with E-state index in [0.29, 0.717) is 12.5 Å². The summed E-state index contributed by atoms with van der Waals surface area (Å²) in [5, 5.41) is 6.78. The summed E-state index contributed by atoms with van der Waals surface area (Å²) >= 11 is 0. The van der Waals surface area contributed by atoms with Crippen molar-refractivity contribution in [3.63, 3.8) is 0 Å². The number of hydrogen-bond acceptors (Lipinski definition) is 5. The molecular weight excluding hydrogens is 346 g/mol. The van der Waals surface area contributed by atoms with Crippen molar-refractivity contribution in [2.45, 2.75) is 44.8 Å². The molecule has 27 heavy (non-hydrogen) atoms. The normalized spacial score (nSPS) is 22.4. The molecule has 156 valence electrons. The van der Waals surface area contributed by atoms with Crippen LogP contribution >= 0.6 is 0 Å². The van der Waals surface area contributed by atoms with E-state index >= 15 is 0 Å². The minimum absolute atomic E-state index is 0.0162. The first-order valence-electron chi connectivity index (χ1n) is 10.1. The molecule has 8 nitrogen and oxygen atoms in total. The summed E-state index contributed by atoms with van der Waals surface area (Å²) in [5.74, 6) is 0.651. The van der Waals surface area contributed by atoms with Gasteiger partial charge in [-0.1, -0.05) is 0 Å². The lowest BCUT2D eigenvalue weighted by Crippen LogP contribution is -2.57. The molecular formula is C19H37N5O3. The molecule has 2 rings (SSSR count). The van der Waals surface area contributed by atoms with E-state index in [0.717, 1.165) is 52.3 Å². The Labute approximate surface area is 163 Å². The van der Waals surface area contributed by atoms with Crippen LogP contribution in [-0.4, -0.2) is 99.9 Å². The number of nitrogens with zero attached hydrogens (tertiary/aromatic N) is 3. The van der Waals surface area contributed by atoms with Crippen LogP contribution in [0.15, 0.2) is 4.99 Å². The molecule has 1 atom stereocenters.